The summed E-state index contributed by atoms with van der Waals surface area (Å²) < 4.78 is 0. The van der Waals surface area contributed by atoms with Gasteiger partial charge in [0.05, 0.1) is 12.0 Å². The quantitative estimate of drug-likeness (QED) is 0.745. The number of carboxylic acid groups (broad SMARTS) is 1. The van der Waals surface area contributed by atoms with E-state index in [1.165, 1.54) is 9.75 Å². The average molecular weight is 254 g/mol. The Labute approximate surface area is 105 Å². The van der Waals surface area contributed by atoms with Gasteiger partial charge >= 0.3 is 5.97 Å². The summed E-state index contributed by atoms with van der Waals surface area (Å²) in [7, 11) is 0. The standard InChI is InChI=1S/C12H18N2O2S/c1-8-3-4-10(17-8)9(2)14-12(5-11(15)16)6-13-7-12/h3-4,9,13-14H,5-7H2,1-2H3,(H,15,16). The Kier molecular flexibility index (Phi) is 3.51. The van der Waals surface area contributed by atoms with Crippen molar-refractivity contribution in [1.82, 2.24) is 10.6 Å². The first-order chi connectivity index (χ1) is 8.01. The van der Waals surface area contributed by atoms with Crippen LogP contribution in [0.15, 0.2) is 12.1 Å². The highest BCUT2D eigenvalue weighted by atomic mass is 32.1. The van der Waals surface area contributed by atoms with Gasteiger partial charge in [0.2, 0.25) is 0 Å². The largest absolute Gasteiger partial charge is 0.481 e. The zero-order chi connectivity index (χ0) is 12.5. The van der Waals surface area contributed by atoms with Gasteiger partial charge in [0.1, 0.15) is 0 Å². The van der Waals surface area contributed by atoms with E-state index < -0.39 is 5.97 Å². The molecule has 5 heteroatoms. The Balaban J connectivity index is 2.01. The Hall–Kier alpha value is -0.910. The zero-order valence-electron chi connectivity index (χ0n) is 10.1. The smallest absolute Gasteiger partial charge is 0.305 e. The molecule has 2 heterocycles. The van der Waals surface area contributed by atoms with E-state index in [-0.39, 0.29) is 18.0 Å². The molecule has 1 aromatic heterocycles. The second kappa shape index (κ2) is 4.76. The number of rotatable bonds is 5. The van der Waals surface area contributed by atoms with Crippen molar-refractivity contribution in [3.8, 4) is 0 Å². The lowest BCUT2D eigenvalue weighted by Crippen LogP contribution is -2.68. The topological polar surface area (TPSA) is 61.4 Å². The van der Waals surface area contributed by atoms with Crippen LogP contribution < -0.4 is 10.6 Å². The van der Waals surface area contributed by atoms with Gasteiger partial charge in [-0.15, -0.1) is 11.3 Å². The number of hydrogen-bond acceptors (Lipinski definition) is 4. The summed E-state index contributed by atoms with van der Waals surface area (Å²) in [4.78, 5) is 13.4. The van der Waals surface area contributed by atoms with Crippen molar-refractivity contribution in [3.63, 3.8) is 0 Å². The van der Waals surface area contributed by atoms with Crippen molar-refractivity contribution in [2.75, 3.05) is 13.1 Å². The van der Waals surface area contributed by atoms with Crippen molar-refractivity contribution in [1.29, 1.82) is 0 Å². The summed E-state index contributed by atoms with van der Waals surface area (Å²) in [6, 6.07) is 4.41. The minimum Gasteiger partial charge on any atom is -0.481 e. The van der Waals surface area contributed by atoms with Crippen LogP contribution in [0.2, 0.25) is 0 Å². The number of hydrogen-bond donors (Lipinski definition) is 3. The summed E-state index contributed by atoms with van der Waals surface area (Å²) in [5.74, 6) is -0.742. The molecule has 0 bridgehead atoms. The summed E-state index contributed by atoms with van der Waals surface area (Å²) in [5, 5.41) is 15.5. The number of nitrogens with one attached hydrogen (secondary N) is 2. The zero-order valence-corrected chi connectivity index (χ0v) is 10.9. The molecule has 0 aliphatic carbocycles. The van der Waals surface area contributed by atoms with Crippen molar-refractivity contribution >= 4 is 17.3 Å². The normalized spacial score (nSPS) is 19.6. The molecular weight excluding hydrogens is 236 g/mol. The van der Waals surface area contributed by atoms with Gasteiger partial charge in [-0.3, -0.25) is 4.79 Å². The third-order valence-electron chi connectivity index (χ3n) is 3.13. The maximum absolute atomic E-state index is 10.9. The number of aliphatic carboxylic acids is 1. The van der Waals surface area contributed by atoms with E-state index in [0.29, 0.717) is 0 Å². The molecule has 1 unspecified atom stereocenters. The van der Waals surface area contributed by atoms with Crippen LogP contribution in [0, 0.1) is 6.92 Å². The molecule has 0 spiro atoms. The van der Waals surface area contributed by atoms with Crippen LogP contribution in [-0.2, 0) is 4.79 Å². The average Bonchev–Trinajstić information content (AvgIpc) is 2.60. The molecule has 0 saturated carbocycles. The molecule has 2 rings (SSSR count). The third-order valence-corrected chi connectivity index (χ3v) is 4.31. The van der Waals surface area contributed by atoms with E-state index in [0.717, 1.165) is 13.1 Å². The molecule has 94 valence electrons. The van der Waals surface area contributed by atoms with Crippen molar-refractivity contribution in [2.45, 2.75) is 31.8 Å². The van der Waals surface area contributed by atoms with E-state index in [9.17, 15) is 4.79 Å². The van der Waals surface area contributed by atoms with Crippen molar-refractivity contribution in [2.24, 2.45) is 0 Å². The van der Waals surface area contributed by atoms with Crippen LogP contribution in [0.4, 0.5) is 0 Å². The predicted octanol–water partition coefficient (Wildman–Crippen LogP) is 1.52. The Bertz CT molecular complexity index is 412. The second-order valence-electron chi connectivity index (χ2n) is 4.77. The van der Waals surface area contributed by atoms with Gasteiger partial charge in [0, 0.05) is 28.9 Å². The summed E-state index contributed by atoms with van der Waals surface area (Å²) >= 11 is 1.76. The predicted molar refractivity (Wildman–Crippen MR) is 68.5 cm³/mol. The molecule has 1 fully saturated rings. The first kappa shape index (κ1) is 12.5. The number of carbonyl (C=O) groups is 1. The SMILES string of the molecule is Cc1ccc(C(C)NC2(CC(=O)O)CNC2)s1. The van der Waals surface area contributed by atoms with Gasteiger partial charge in [-0.25, -0.2) is 0 Å². The van der Waals surface area contributed by atoms with Gasteiger partial charge in [-0.05, 0) is 26.0 Å². The molecular formula is C12H18N2O2S. The first-order valence-corrected chi connectivity index (χ1v) is 6.59. The number of aryl methyl sites for hydroxylation is 1. The highest BCUT2D eigenvalue weighted by Gasteiger charge is 2.40. The minimum atomic E-state index is -0.742. The first-order valence-electron chi connectivity index (χ1n) is 5.77. The monoisotopic (exact) mass is 254 g/mol. The molecule has 0 aromatic carbocycles. The molecule has 1 aromatic rings. The van der Waals surface area contributed by atoms with Gasteiger partial charge < -0.3 is 15.7 Å². The maximum atomic E-state index is 10.9. The lowest BCUT2D eigenvalue weighted by molar-refractivity contribution is -0.139. The molecule has 3 N–H and O–H groups in total. The van der Waals surface area contributed by atoms with E-state index in [2.05, 4.69) is 36.6 Å². The highest BCUT2D eigenvalue weighted by Crippen LogP contribution is 2.26. The minimum absolute atomic E-state index is 0.175. The van der Waals surface area contributed by atoms with Crippen LogP contribution >= 0.6 is 11.3 Å². The lowest BCUT2D eigenvalue weighted by Gasteiger charge is -2.44. The summed E-state index contributed by atoms with van der Waals surface area (Å²) in [6.45, 7) is 5.63. The van der Waals surface area contributed by atoms with E-state index >= 15 is 0 Å². The van der Waals surface area contributed by atoms with Crippen LogP contribution in [0.25, 0.3) is 0 Å². The van der Waals surface area contributed by atoms with Gasteiger partial charge in [-0.2, -0.15) is 0 Å². The van der Waals surface area contributed by atoms with Gasteiger partial charge in [0.25, 0.3) is 0 Å². The highest BCUT2D eigenvalue weighted by molar-refractivity contribution is 7.12. The molecule has 0 amide bonds. The van der Waals surface area contributed by atoms with Crippen LogP contribution in [0.1, 0.15) is 29.1 Å². The van der Waals surface area contributed by atoms with Gasteiger partial charge in [-0.1, -0.05) is 0 Å². The van der Waals surface area contributed by atoms with Crippen LogP contribution in [0.3, 0.4) is 0 Å². The summed E-state index contributed by atoms with van der Waals surface area (Å²) in [5.41, 5.74) is -0.275. The molecule has 1 atom stereocenters. The maximum Gasteiger partial charge on any atom is 0.305 e. The van der Waals surface area contributed by atoms with Crippen molar-refractivity contribution < 1.29 is 9.90 Å². The molecule has 1 aliphatic rings. The third kappa shape index (κ3) is 2.86. The number of carboxylic acids is 1. The molecule has 4 nitrogen and oxygen atoms in total. The number of thiophene rings is 1. The second-order valence-corrected chi connectivity index (χ2v) is 6.09. The fourth-order valence-corrected chi connectivity index (χ4v) is 3.09. The van der Waals surface area contributed by atoms with Crippen LogP contribution in [0.5, 0.6) is 0 Å². The van der Waals surface area contributed by atoms with Crippen molar-refractivity contribution in [3.05, 3.63) is 21.9 Å². The lowest BCUT2D eigenvalue weighted by atomic mass is 9.87. The fourth-order valence-electron chi connectivity index (χ4n) is 2.21. The van der Waals surface area contributed by atoms with E-state index in [1.54, 1.807) is 11.3 Å². The molecule has 0 radical (unpaired) electrons. The Morgan fingerprint density at radius 1 is 1.65 bits per heavy atom. The van der Waals surface area contributed by atoms with Gasteiger partial charge in [0.15, 0.2) is 0 Å². The Morgan fingerprint density at radius 3 is 2.76 bits per heavy atom. The fraction of sp³-hybridized carbons (Fsp3) is 0.583. The summed E-state index contributed by atoms with van der Waals surface area (Å²) in [6.07, 6.45) is 0.175. The molecule has 1 saturated heterocycles. The molecule has 1 aliphatic heterocycles. The van der Waals surface area contributed by atoms with Crippen LogP contribution in [-0.4, -0.2) is 29.7 Å². The van der Waals surface area contributed by atoms with E-state index in [1.807, 2.05) is 0 Å². The van der Waals surface area contributed by atoms with E-state index in [4.69, 9.17) is 5.11 Å². The molecule has 17 heavy (non-hydrogen) atoms. The Morgan fingerprint density at radius 2 is 2.35 bits per heavy atom.